The van der Waals surface area contributed by atoms with E-state index in [0.29, 0.717) is 0 Å². The van der Waals surface area contributed by atoms with Crippen LogP contribution in [0, 0.1) is 0 Å². The van der Waals surface area contributed by atoms with Crippen molar-refractivity contribution in [1.29, 1.82) is 0 Å². The molecule has 0 aliphatic carbocycles. The SMILES string of the molecule is CC(F)(Cl)CCC(F)CCl. The van der Waals surface area contributed by atoms with Gasteiger partial charge in [0.1, 0.15) is 6.17 Å². The van der Waals surface area contributed by atoms with Crippen LogP contribution >= 0.6 is 23.2 Å². The molecule has 0 saturated carbocycles. The van der Waals surface area contributed by atoms with E-state index in [2.05, 4.69) is 0 Å². The molecule has 0 N–H and O–H groups in total. The molecular weight excluding hydrogens is 181 g/mol. The van der Waals surface area contributed by atoms with Crippen LogP contribution in [0.4, 0.5) is 8.78 Å². The van der Waals surface area contributed by atoms with E-state index >= 15 is 0 Å². The maximum Gasteiger partial charge on any atom is 0.181 e. The summed E-state index contributed by atoms with van der Waals surface area (Å²) in [6, 6.07) is 0. The quantitative estimate of drug-likeness (QED) is 0.598. The van der Waals surface area contributed by atoms with Crippen molar-refractivity contribution < 1.29 is 8.78 Å². The van der Waals surface area contributed by atoms with Crippen LogP contribution < -0.4 is 0 Å². The summed E-state index contributed by atoms with van der Waals surface area (Å²) < 4.78 is 24.7. The second-order valence-corrected chi connectivity index (χ2v) is 3.46. The van der Waals surface area contributed by atoms with Gasteiger partial charge in [-0.25, -0.2) is 8.78 Å². The van der Waals surface area contributed by atoms with Gasteiger partial charge >= 0.3 is 0 Å². The first-order valence-corrected chi connectivity index (χ1v) is 3.95. The third-order valence-electron chi connectivity index (χ3n) is 1.06. The van der Waals surface area contributed by atoms with Gasteiger partial charge in [0.15, 0.2) is 5.13 Å². The van der Waals surface area contributed by atoms with Gasteiger partial charge in [0.25, 0.3) is 0 Å². The third kappa shape index (κ3) is 6.56. The van der Waals surface area contributed by atoms with Crippen LogP contribution in [0.2, 0.25) is 0 Å². The molecule has 0 saturated heterocycles. The molecule has 10 heavy (non-hydrogen) atoms. The van der Waals surface area contributed by atoms with E-state index < -0.39 is 11.3 Å². The summed E-state index contributed by atoms with van der Waals surface area (Å²) in [5, 5.41) is -1.80. The third-order valence-corrected chi connectivity index (χ3v) is 1.59. The van der Waals surface area contributed by atoms with Gasteiger partial charge in [-0.15, -0.1) is 11.6 Å². The summed E-state index contributed by atoms with van der Waals surface area (Å²) in [5.41, 5.74) is 0. The van der Waals surface area contributed by atoms with Gasteiger partial charge in [0, 0.05) is 0 Å². The van der Waals surface area contributed by atoms with Crippen LogP contribution in [-0.2, 0) is 0 Å². The number of hydrogen-bond donors (Lipinski definition) is 0. The van der Waals surface area contributed by atoms with Crippen molar-refractivity contribution in [3.8, 4) is 0 Å². The zero-order chi connectivity index (χ0) is 8.20. The zero-order valence-corrected chi connectivity index (χ0v) is 7.22. The lowest BCUT2D eigenvalue weighted by Gasteiger charge is -2.11. The molecule has 0 rings (SSSR count). The molecule has 0 aromatic carbocycles. The summed E-state index contributed by atoms with van der Waals surface area (Å²) >= 11 is 10.3. The van der Waals surface area contributed by atoms with E-state index in [1.807, 2.05) is 0 Å². The van der Waals surface area contributed by atoms with Gasteiger partial charge < -0.3 is 0 Å². The maximum absolute atomic E-state index is 12.4. The summed E-state index contributed by atoms with van der Waals surface area (Å²) in [7, 11) is 0. The minimum Gasteiger partial charge on any atom is -0.246 e. The van der Waals surface area contributed by atoms with Crippen molar-refractivity contribution in [1.82, 2.24) is 0 Å². The highest BCUT2D eigenvalue weighted by molar-refractivity contribution is 6.22. The van der Waals surface area contributed by atoms with E-state index in [0.717, 1.165) is 0 Å². The highest BCUT2D eigenvalue weighted by Gasteiger charge is 2.20. The predicted octanol–water partition coefficient (Wildman–Crippen LogP) is 3.27. The minimum atomic E-state index is -1.80. The molecule has 62 valence electrons. The fraction of sp³-hybridized carbons (Fsp3) is 1.00. The van der Waals surface area contributed by atoms with Gasteiger partial charge in [-0.3, -0.25) is 0 Å². The van der Waals surface area contributed by atoms with Gasteiger partial charge in [-0.2, -0.15) is 0 Å². The average molecular weight is 191 g/mol. The molecule has 2 unspecified atom stereocenters. The van der Waals surface area contributed by atoms with Crippen LogP contribution in [0.3, 0.4) is 0 Å². The van der Waals surface area contributed by atoms with E-state index in [1.54, 1.807) is 0 Å². The first kappa shape index (κ1) is 10.4. The van der Waals surface area contributed by atoms with E-state index in [4.69, 9.17) is 23.2 Å². The smallest absolute Gasteiger partial charge is 0.181 e. The van der Waals surface area contributed by atoms with Crippen LogP contribution in [0.1, 0.15) is 19.8 Å². The highest BCUT2D eigenvalue weighted by atomic mass is 35.5. The number of alkyl halides is 4. The van der Waals surface area contributed by atoms with E-state index in [9.17, 15) is 8.78 Å². The Morgan fingerprint density at radius 2 is 2.10 bits per heavy atom. The van der Waals surface area contributed by atoms with Gasteiger partial charge in [-0.1, -0.05) is 11.6 Å². The second kappa shape index (κ2) is 4.35. The Bertz CT molecular complexity index is 90.2. The summed E-state index contributed by atoms with van der Waals surface area (Å²) in [4.78, 5) is 0. The predicted molar refractivity (Wildman–Crippen MR) is 40.2 cm³/mol. The lowest BCUT2D eigenvalue weighted by molar-refractivity contribution is 0.242. The molecule has 0 radical (unpaired) electrons. The molecule has 0 aromatic heterocycles. The topological polar surface area (TPSA) is 0 Å². The molecule has 0 aliphatic rings. The number of halogens is 4. The minimum absolute atomic E-state index is 0.00242. The molecule has 2 atom stereocenters. The summed E-state index contributed by atoms with van der Waals surface area (Å²) in [5.74, 6) is -0.0903. The van der Waals surface area contributed by atoms with Gasteiger partial charge in [-0.05, 0) is 19.8 Å². The molecule has 4 heteroatoms. The Balaban J connectivity index is 3.36. The average Bonchev–Trinajstić information content (AvgIpc) is 1.81. The second-order valence-electron chi connectivity index (χ2n) is 2.36. The fourth-order valence-electron chi connectivity index (χ4n) is 0.487. The maximum atomic E-state index is 12.4. The van der Waals surface area contributed by atoms with Crippen LogP contribution in [0.25, 0.3) is 0 Å². The number of hydrogen-bond acceptors (Lipinski definition) is 0. The van der Waals surface area contributed by atoms with Crippen LogP contribution in [0.15, 0.2) is 0 Å². The molecule has 0 amide bonds. The van der Waals surface area contributed by atoms with E-state index in [1.165, 1.54) is 6.92 Å². The van der Waals surface area contributed by atoms with Gasteiger partial charge in [0.05, 0.1) is 5.88 Å². The van der Waals surface area contributed by atoms with Crippen LogP contribution in [0.5, 0.6) is 0 Å². The summed E-state index contributed by atoms with van der Waals surface area (Å²) in [6.45, 7) is 1.20. The number of rotatable bonds is 4. The standard InChI is InChI=1S/C6H10Cl2F2/c1-6(8,10)3-2-5(9)4-7/h5H,2-4H2,1H3. The monoisotopic (exact) mass is 190 g/mol. The Kier molecular flexibility index (Phi) is 4.54. The molecule has 0 bridgehead atoms. The molecule has 0 heterocycles. The molecule has 0 aliphatic heterocycles. The molecular formula is C6H10Cl2F2. The molecule has 0 spiro atoms. The first-order valence-electron chi connectivity index (χ1n) is 3.03. The Hall–Kier alpha value is 0.440. The van der Waals surface area contributed by atoms with Crippen molar-refractivity contribution in [3.05, 3.63) is 0 Å². The van der Waals surface area contributed by atoms with Crippen molar-refractivity contribution in [2.24, 2.45) is 0 Å². The van der Waals surface area contributed by atoms with Crippen molar-refractivity contribution in [2.45, 2.75) is 31.1 Å². The van der Waals surface area contributed by atoms with Gasteiger partial charge in [0.2, 0.25) is 0 Å². The zero-order valence-electron chi connectivity index (χ0n) is 5.71. The lowest BCUT2D eigenvalue weighted by atomic mass is 10.2. The molecule has 0 nitrogen and oxygen atoms in total. The Labute approximate surface area is 69.5 Å². The van der Waals surface area contributed by atoms with Crippen molar-refractivity contribution in [3.63, 3.8) is 0 Å². The Morgan fingerprint density at radius 3 is 2.40 bits per heavy atom. The highest BCUT2D eigenvalue weighted by Crippen LogP contribution is 2.23. The van der Waals surface area contributed by atoms with Crippen molar-refractivity contribution in [2.75, 3.05) is 5.88 Å². The molecule has 0 fully saturated rings. The summed E-state index contributed by atoms with van der Waals surface area (Å²) in [6.07, 6.45) is -1.06. The molecule has 0 aromatic rings. The largest absolute Gasteiger partial charge is 0.246 e. The van der Waals surface area contributed by atoms with Crippen molar-refractivity contribution >= 4 is 23.2 Å². The van der Waals surface area contributed by atoms with Crippen LogP contribution in [-0.4, -0.2) is 17.2 Å². The fourth-order valence-corrected chi connectivity index (χ4v) is 0.751. The lowest BCUT2D eigenvalue weighted by Crippen LogP contribution is -2.12. The normalized spacial score (nSPS) is 20.1. The first-order chi connectivity index (χ1) is 4.45. The van der Waals surface area contributed by atoms with E-state index in [-0.39, 0.29) is 18.7 Å². The Morgan fingerprint density at radius 1 is 1.60 bits per heavy atom.